The minimum atomic E-state index is -2.97. The summed E-state index contributed by atoms with van der Waals surface area (Å²) in [7, 11) is -5.88. The van der Waals surface area contributed by atoms with E-state index in [2.05, 4.69) is 77.4 Å². The summed E-state index contributed by atoms with van der Waals surface area (Å²) in [5, 5.41) is -0.0161. The quantitative estimate of drug-likeness (QED) is 0.195. The summed E-state index contributed by atoms with van der Waals surface area (Å²) in [5.41, 5.74) is -0.280. The topological polar surface area (TPSA) is 60.5 Å². The molecule has 1 aliphatic carbocycles. The first-order valence-corrected chi connectivity index (χ1v) is 21.6. The van der Waals surface area contributed by atoms with Gasteiger partial charge in [-0.15, -0.1) is 0 Å². The zero-order chi connectivity index (χ0) is 32.0. The van der Waals surface area contributed by atoms with Crippen molar-refractivity contribution in [3.05, 3.63) is 29.3 Å². The second-order valence-electron chi connectivity index (χ2n) is 16.2. The Bertz CT molecular complexity index is 1080. The van der Waals surface area contributed by atoms with Gasteiger partial charge >= 0.3 is 0 Å². The van der Waals surface area contributed by atoms with Crippen LogP contribution in [-0.2, 0) is 26.3 Å². The molecule has 5 nitrogen and oxygen atoms in total. The molecule has 1 aliphatic rings. The molecule has 1 N–H and O–H groups in total. The van der Waals surface area contributed by atoms with Crippen molar-refractivity contribution in [1.82, 2.24) is 9.71 Å². The van der Waals surface area contributed by atoms with E-state index in [0.717, 1.165) is 13.1 Å². The lowest BCUT2D eigenvalue weighted by Crippen LogP contribution is -2.61. The van der Waals surface area contributed by atoms with E-state index < -0.39 is 62.3 Å². The lowest BCUT2D eigenvalue weighted by atomic mass is 9.73. The summed E-state index contributed by atoms with van der Waals surface area (Å²) in [6.07, 6.45) is 2.19. The van der Waals surface area contributed by atoms with Gasteiger partial charge in [-0.3, -0.25) is 0 Å². The Morgan fingerprint density at radius 1 is 1.00 bits per heavy atom. The van der Waals surface area contributed by atoms with Gasteiger partial charge in [0.1, 0.15) is 0 Å². The maximum Gasteiger partial charge on any atom is 0.249 e. The largest absolute Gasteiger partial charge is 0.414 e. The van der Waals surface area contributed by atoms with Crippen molar-refractivity contribution < 1.29 is 26.2 Å². The second kappa shape index (κ2) is 12.1. The summed E-state index contributed by atoms with van der Waals surface area (Å²) in [6, 6.07) is 0.686. The van der Waals surface area contributed by atoms with Crippen LogP contribution in [0.4, 0.5) is 13.2 Å². The number of hydrogen-bond acceptors (Lipinski definition) is 4. The second-order valence-corrected chi connectivity index (χ2v) is 27.7. The van der Waals surface area contributed by atoms with Crippen LogP contribution in [0.25, 0.3) is 0 Å². The van der Waals surface area contributed by atoms with Gasteiger partial charge < -0.3 is 8.85 Å². The minimum Gasteiger partial charge on any atom is -0.414 e. The third-order valence-corrected chi connectivity index (χ3v) is 19.6. The van der Waals surface area contributed by atoms with E-state index in [1.54, 1.807) is 0 Å². The molecule has 1 aromatic heterocycles. The lowest BCUT2D eigenvalue weighted by Gasteiger charge is -2.56. The zero-order valence-electron chi connectivity index (χ0n) is 27.9. The van der Waals surface area contributed by atoms with E-state index in [4.69, 9.17) is 8.85 Å². The van der Waals surface area contributed by atoms with Gasteiger partial charge in [0.25, 0.3) is 0 Å². The van der Waals surface area contributed by atoms with Crippen LogP contribution in [0.2, 0.25) is 36.3 Å². The molecule has 238 valence electrons. The smallest absolute Gasteiger partial charge is 0.249 e. The first-order valence-electron chi connectivity index (χ1n) is 14.7. The van der Waals surface area contributed by atoms with Gasteiger partial charge in [-0.2, -0.15) is 4.39 Å². The zero-order valence-corrected chi connectivity index (χ0v) is 30.7. The Morgan fingerprint density at radius 2 is 1.51 bits per heavy atom. The molecule has 0 aliphatic heterocycles. The highest BCUT2D eigenvalue weighted by Crippen LogP contribution is 2.52. The summed E-state index contributed by atoms with van der Waals surface area (Å²) in [5.74, 6) is -3.73. The lowest BCUT2D eigenvalue weighted by molar-refractivity contribution is -0.105. The summed E-state index contributed by atoms with van der Waals surface area (Å²) in [4.78, 5) is 3.84. The van der Waals surface area contributed by atoms with Gasteiger partial charge in [-0.05, 0) is 82.0 Å². The highest BCUT2D eigenvalue weighted by Gasteiger charge is 2.55. The molecule has 0 spiro atoms. The predicted molar refractivity (Wildman–Crippen MR) is 169 cm³/mol. The Labute approximate surface area is 252 Å². The van der Waals surface area contributed by atoms with Crippen molar-refractivity contribution in [2.75, 3.05) is 0 Å². The summed E-state index contributed by atoms with van der Waals surface area (Å²) < 4.78 is 72.9. The number of aromatic nitrogens is 1. The van der Waals surface area contributed by atoms with Crippen LogP contribution in [0, 0.1) is 5.95 Å². The van der Waals surface area contributed by atoms with E-state index in [9.17, 15) is 13.0 Å². The third kappa shape index (κ3) is 9.70. The molecular weight excluding hydrogens is 582 g/mol. The summed E-state index contributed by atoms with van der Waals surface area (Å²) >= 11 is 0. The Morgan fingerprint density at radius 3 is 1.95 bits per heavy atom. The van der Waals surface area contributed by atoms with Crippen molar-refractivity contribution in [3.63, 3.8) is 0 Å². The number of alkyl halides is 2. The molecule has 1 saturated carbocycles. The van der Waals surface area contributed by atoms with Crippen LogP contribution >= 0.6 is 0 Å². The van der Waals surface area contributed by atoms with Crippen LogP contribution in [-0.4, -0.2) is 48.2 Å². The normalized spacial score (nSPS) is 22.8. The fraction of sp³-hybridized carbons (Fsp3) is 0.833. The average Bonchev–Trinajstić information content (AvgIpc) is 2.69. The molecule has 0 aromatic carbocycles. The highest BCUT2D eigenvalue weighted by atomic mass is 32.2. The number of nitrogens with one attached hydrogen (secondary N) is 1. The maximum absolute atomic E-state index is 15.4. The van der Waals surface area contributed by atoms with E-state index in [-0.39, 0.29) is 27.3 Å². The van der Waals surface area contributed by atoms with E-state index in [1.165, 1.54) is 6.07 Å². The maximum atomic E-state index is 15.4. The minimum absolute atomic E-state index is 0.00233. The molecule has 1 fully saturated rings. The molecule has 0 amide bonds. The van der Waals surface area contributed by atoms with Gasteiger partial charge in [-0.1, -0.05) is 41.5 Å². The SMILES string of the molecule is CC(F)(F)Cc1cnc(F)c([C@@H](CC2(O[Si](C)(C)C(C)(C)C)CC(O[Si](C)(C)C(C)(C)C)C2)N[S@@](=O)C(C)(C)C)c1. The average molecular weight is 637 g/mol. The van der Waals surface area contributed by atoms with Crippen LogP contribution in [0.3, 0.4) is 0 Å². The standard InChI is InChI=1S/C30H55F3N2O3SSi2/c1-26(2,3)39(36)35-24(23-15-21(16-29(10,32)33)20-34-25(23)31)19-30(38-41(13,14)28(7,8)9)17-22(18-30)37-40(11,12)27(4,5)6/h15,20,22,24,35H,16-19H2,1-14H3/t22?,24-,30?,39+/m1/s1. The molecule has 41 heavy (non-hydrogen) atoms. The van der Waals surface area contributed by atoms with E-state index in [1.807, 2.05) is 20.8 Å². The Hall–Kier alpha value is -0.596. The van der Waals surface area contributed by atoms with Crippen molar-refractivity contribution in [2.45, 2.75) is 160 Å². The number of hydrogen-bond donors (Lipinski definition) is 1. The fourth-order valence-electron chi connectivity index (χ4n) is 4.54. The Balaban J connectivity index is 2.55. The number of rotatable bonds is 11. The number of nitrogens with zero attached hydrogens (tertiary/aromatic N) is 1. The van der Waals surface area contributed by atoms with Gasteiger partial charge in [0.2, 0.25) is 11.9 Å². The molecule has 2 atom stereocenters. The van der Waals surface area contributed by atoms with Crippen molar-refractivity contribution in [1.29, 1.82) is 0 Å². The molecule has 1 heterocycles. The van der Waals surface area contributed by atoms with Gasteiger partial charge in [0.05, 0.1) is 33.5 Å². The highest BCUT2D eigenvalue weighted by molar-refractivity contribution is 7.84. The van der Waals surface area contributed by atoms with Crippen molar-refractivity contribution in [3.8, 4) is 0 Å². The van der Waals surface area contributed by atoms with E-state index >= 15 is 4.39 Å². The number of pyridine rings is 1. The summed E-state index contributed by atoms with van der Waals surface area (Å²) in [6.45, 7) is 28.4. The fourth-order valence-corrected chi connectivity index (χ4v) is 8.35. The first kappa shape index (κ1) is 36.6. The molecule has 0 unspecified atom stereocenters. The monoisotopic (exact) mass is 636 g/mol. The van der Waals surface area contributed by atoms with Gasteiger partial charge in [-0.25, -0.2) is 22.7 Å². The Kier molecular flexibility index (Phi) is 10.8. The molecule has 2 rings (SSSR count). The van der Waals surface area contributed by atoms with Crippen molar-refractivity contribution >= 4 is 27.6 Å². The molecule has 0 radical (unpaired) electrons. The molecule has 1 aromatic rings. The third-order valence-electron chi connectivity index (χ3n) is 8.94. The van der Waals surface area contributed by atoms with E-state index in [0.29, 0.717) is 19.3 Å². The molecule has 0 saturated heterocycles. The first-order chi connectivity index (χ1) is 18.1. The molecular formula is C30H55F3N2O3SSi2. The van der Waals surface area contributed by atoms with Gasteiger partial charge in [0, 0.05) is 31.0 Å². The van der Waals surface area contributed by atoms with Crippen LogP contribution in [0.5, 0.6) is 0 Å². The van der Waals surface area contributed by atoms with Crippen LogP contribution in [0.1, 0.15) is 106 Å². The van der Waals surface area contributed by atoms with Crippen LogP contribution in [0.15, 0.2) is 12.3 Å². The number of halogens is 3. The predicted octanol–water partition coefficient (Wildman–Crippen LogP) is 8.85. The molecule has 0 bridgehead atoms. The van der Waals surface area contributed by atoms with Crippen molar-refractivity contribution in [2.24, 2.45) is 0 Å². The van der Waals surface area contributed by atoms with Gasteiger partial charge in [0.15, 0.2) is 16.6 Å². The molecule has 11 heteroatoms. The van der Waals surface area contributed by atoms with Crippen LogP contribution < -0.4 is 4.72 Å².